The normalized spacial score (nSPS) is 8.45. The van der Waals surface area contributed by atoms with Gasteiger partial charge in [0.1, 0.15) is 0 Å². The van der Waals surface area contributed by atoms with E-state index in [1.165, 1.54) is 6.92 Å². The van der Waals surface area contributed by atoms with Crippen molar-refractivity contribution in [2.75, 3.05) is 6.61 Å². The lowest BCUT2D eigenvalue weighted by Crippen LogP contribution is -2.11. The molecule has 0 fully saturated rings. The molecule has 3 heteroatoms. The van der Waals surface area contributed by atoms with Gasteiger partial charge in [0.15, 0.2) is 12.4 Å². The van der Waals surface area contributed by atoms with Crippen LogP contribution >= 0.6 is 0 Å². The molecule has 60 valence electrons. The zero-order valence-electron chi connectivity index (χ0n) is 6.42. The third-order valence-electron chi connectivity index (χ3n) is 0.922. The monoisotopic (exact) mass is 154 g/mol. The maximum Gasteiger partial charge on any atom is 0.333 e. The first-order chi connectivity index (χ1) is 5.07. The van der Waals surface area contributed by atoms with Crippen LogP contribution < -0.4 is 0 Å². The predicted molar refractivity (Wildman–Crippen MR) is 41.0 cm³/mol. The molecular formula is C8H10O3. The summed E-state index contributed by atoms with van der Waals surface area (Å²) >= 11 is 0. The van der Waals surface area contributed by atoms with Gasteiger partial charge in [-0.15, -0.1) is 0 Å². The summed E-state index contributed by atoms with van der Waals surface area (Å²) < 4.78 is 4.50. The van der Waals surface area contributed by atoms with Gasteiger partial charge >= 0.3 is 5.97 Å². The number of rotatable bonds is 4. The largest absolute Gasteiger partial charge is 0.454 e. The lowest BCUT2D eigenvalue weighted by Gasteiger charge is -1.99. The third-order valence-corrected chi connectivity index (χ3v) is 0.922. The number of hydrogen-bond donors (Lipinski definition) is 0. The molecule has 0 aromatic carbocycles. The molecule has 0 amide bonds. The third kappa shape index (κ3) is 4.08. The first-order valence-electron chi connectivity index (χ1n) is 3.06. The highest BCUT2D eigenvalue weighted by Gasteiger charge is 2.04. The van der Waals surface area contributed by atoms with Gasteiger partial charge < -0.3 is 4.74 Å². The summed E-state index contributed by atoms with van der Waals surface area (Å²) in [5, 5.41) is 0. The lowest BCUT2D eigenvalue weighted by atomic mass is 10.3. The van der Waals surface area contributed by atoms with Crippen LogP contribution in [0.5, 0.6) is 0 Å². The van der Waals surface area contributed by atoms with Gasteiger partial charge in [0.2, 0.25) is 0 Å². The number of esters is 1. The number of hydrogen-bond acceptors (Lipinski definition) is 3. The van der Waals surface area contributed by atoms with Gasteiger partial charge in [-0.25, -0.2) is 4.79 Å². The highest BCUT2D eigenvalue weighted by molar-refractivity contribution is 5.93. The Morgan fingerprint density at radius 3 is 2.45 bits per heavy atom. The second-order valence-electron chi connectivity index (χ2n) is 2.03. The Kier molecular flexibility index (Phi) is 3.88. The summed E-state index contributed by atoms with van der Waals surface area (Å²) in [4.78, 5) is 21.2. The summed E-state index contributed by atoms with van der Waals surface area (Å²) in [7, 11) is 0. The fourth-order valence-electron chi connectivity index (χ4n) is 0.319. The van der Waals surface area contributed by atoms with E-state index in [1.807, 2.05) is 0 Å². The fraction of sp³-hybridized carbons (Fsp3) is 0.250. The quantitative estimate of drug-likeness (QED) is 0.445. The van der Waals surface area contributed by atoms with Crippen molar-refractivity contribution >= 4 is 11.8 Å². The summed E-state index contributed by atoms with van der Waals surface area (Å²) in [6, 6.07) is 0. The number of ketones is 1. The average molecular weight is 154 g/mol. The maximum atomic E-state index is 10.7. The molecule has 0 aromatic rings. The van der Waals surface area contributed by atoms with Crippen molar-refractivity contribution in [3.05, 3.63) is 24.8 Å². The summed E-state index contributed by atoms with van der Waals surface area (Å²) in [5.74, 6) is -0.875. The standard InChI is InChI=1S/C8H10O3/c1-4-7(9)5-11-8(10)6(2)3/h4H,1-2,5H2,3H3. The van der Waals surface area contributed by atoms with E-state index in [0.29, 0.717) is 0 Å². The van der Waals surface area contributed by atoms with Gasteiger partial charge in [-0.3, -0.25) is 4.79 Å². The van der Waals surface area contributed by atoms with E-state index < -0.39 is 5.97 Å². The van der Waals surface area contributed by atoms with Crippen LogP contribution in [0.25, 0.3) is 0 Å². The lowest BCUT2D eigenvalue weighted by molar-refractivity contribution is -0.142. The Bertz CT molecular complexity index is 203. The molecule has 0 saturated heterocycles. The van der Waals surface area contributed by atoms with Crippen molar-refractivity contribution in [1.29, 1.82) is 0 Å². The minimum Gasteiger partial charge on any atom is -0.454 e. The van der Waals surface area contributed by atoms with Crippen LogP contribution in [0.2, 0.25) is 0 Å². The average Bonchev–Trinajstić information content (AvgIpc) is 1.99. The molecule has 0 atom stereocenters. The Morgan fingerprint density at radius 2 is 2.09 bits per heavy atom. The molecule has 0 rings (SSSR count). The highest BCUT2D eigenvalue weighted by atomic mass is 16.5. The number of carbonyl (C=O) groups is 2. The van der Waals surface area contributed by atoms with Gasteiger partial charge in [0, 0.05) is 5.57 Å². The Morgan fingerprint density at radius 1 is 1.55 bits per heavy atom. The zero-order chi connectivity index (χ0) is 8.85. The Hall–Kier alpha value is -1.38. The van der Waals surface area contributed by atoms with Crippen LogP contribution in [0.15, 0.2) is 24.8 Å². The molecule has 0 N–H and O–H groups in total. The minimum atomic E-state index is -0.555. The molecule has 11 heavy (non-hydrogen) atoms. The van der Waals surface area contributed by atoms with Crippen molar-refractivity contribution in [3.8, 4) is 0 Å². The Labute approximate surface area is 65.4 Å². The van der Waals surface area contributed by atoms with Crippen molar-refractivity contribution in [3.63, 3.8) is 0 Å². The molecule has 0 radical (unpaired) electrons. The van der Waals surface area contributed by atoms with Crippen LogP contribution in [0.1, 0.15) is 6.92 Å². The molecule has 0 aliphatic heterocycles. The fourth-order valence-corrected chi connectivity index (χ4v) is 0.319. The molecule has 0 heterocycles. The molecule has 0 bridgehead atoms. The number of carbonyl (C=O) groups excluding carboxylic acids is 2. The van der Waals surface area contributed by atoms with Crippen molar-refractivity contribution < 1.29 is 14.3 Å². The Balaban J connectivity index is 3.71. The maximum absolute atomic E-state index is 10.7. The van der Waals surface area contributed by atoms with E-state index in [9.17, 15) is 9.59 Å². The van der Waals surface area contributed by atoms with E-state index in [0.717, 1.165) is 6.08 Å². The van der Waals surface area contributed by atoms with Crippen LogP contribution in [-0.4, -0.2) is 18.4 Å². The number of ether oxygens (including phenoxy) is 1. The smallest absolute Gasteiger partial charge is 0.333 e. The second-order valence-corrected chi connectivity index (χ2v) is 2.03. The molecule has 0 aliphatic carbocycles. The summed E-state index contributed by atoms with van der Waals surface area (Å²) in [6.45, 7) is 7.83. The molecule has 0 saturated carbocycles. The first kappa shape index (κ1) is 9.62. The van der Waals surface area contributed by atoms with Crippen LogP contribution in [-0.2, 0) is 14.3 Å². The van der Waals surface area contributed by atoms with Gasteiger partial charge in [-0.05, 0) is 13.0 Å². The van der Waals surface area contributed by atoms with Gasteiger partial charge in [-0.1, -0.05) is 13.2 Å². The van der Waals surface area contributed by atoms with E-state index in [4.69, 9.17) is 0 Å². The molecule has 0 aliphatic rings. The highest BCUT2D eigenvalue weighted by Crippen LogP contribution is 1.91. The topological polar surface area (TPSA) is 43.4 Å². The minimum absolute atomic E-state index is 0.255. The van der Waals surface area contributed by atoms with Crippen LogP contribution in [0, 0.1) is 0 Å². The van der Waals surface area contributed by atoms with Gasteiger partial charge in [0.25, 0.3) is 0 Å². The SMILES string of the molecule is C=CC(=O)COC(=O)C(=C)C. The van der Waals surface area contributed by atoms with Crippen molar-refractivity contribution in [1.82, 2.24) is 0 Å². The van der Waals surface area contributed by atoms with Crippen LogP contribution in [0.3, 0.4) is 0 Å². The van der Waals surface area contributed by atoms with Gasteiger partial charge in [0.05, 0.1) is 0 Å². The van der Waals surface area contributed by atoms with Crippen LogP contribution in [0.4, 0.5) is 0 Å². The summed E-state index contributed by atoms with van der Waals surface area (Å²) in [6.07, 6.45) is 1.10. The predicted octanol–water partition coefficient (Wildman–Crippen LogP) is 0.861. The molecular weight excluding hydrogens is 144 g/mol. The van der Waals surface area contributed by atoms with Crippen molar-refractivity contribution in [2.24, 2.45) is 0 Å². The molecule has 3 nitrogen and oxygen atoms in total. The summed E-state index contributed by atoms with van der Waals surface area (Å²) in [5.41, 5.74) is 0.280. The molecule has 0 unspecified atom stereocenters. The second kappa shape index (κ2) is 4.44. The van der Waals surface area contributed by atoms with Gasteiger partial charge in [-0.2, -0.15) is 0 Å². The zero-order valence-corrected chi connectivity index (χ0v) is 6.42. The molecule has 0 spiro atoms. The van der Waals surface area contributed by atoms with E-state index in [2.05, 4.69) is 17.9 Å². The molecule has 0 aromatic heterocycles. The van der Waals surface area contributed by atoms with Crippen molar-refractivity contribution in [2.45, 2.75) is 6.92 Å². The van der Waals surface area contributed by atoms with E-state index >= 15 is 0 Å². The van der Waals surface area contributed by atoms with E-state index in [1.54, 1.807) is 0 Å². The first-order valence-corrected chi connectivity index (χ1v) is 3.06. The van der Waals surface area contributed by atoms with E-state index in [-0.39, 0.29) is 18.0 Å².